The van der Waals surface area contributed by atoms with Gasteiger partial charge in [0, 0.05) is 32.5 Å². The van der Waals surface area contributed by atoms with Crippen molar-refractivity contribution in [2.75, 3.05) is 16.0 Å². The van der Waals surface area contributed by atoms with Crippen LogP contribution in [0.15, 0.2) is 102 Å². The number of aryl methyl sites for hydroxylation is 1. The molecule has 4 aromatic carbocycles. The van der Waals surface area contributed by atoms with E-state index in [2.05, 4.69) is 16.0 Å². The number of halogens is 1. The van der Waals surface area contributed by atoms with Crippen molar-refractivity contribution in [2.45, 2.75) is 24.0 Å². The summed E-state index contributed by atoms with van der Waals surface area (Å²) >= 11 is 13.2. The SMILES string of the molecule is CC(=O)c1ccc(NC(=S)Nc2cccc(SC(C(=O)Nc3ccc(C)c(Cl)c3)c3ccccc3)c2)cc1. The summed E-state index contributed by atoms with van der Waals surface area (Å²) in [5.41, 5.74) is 4.68. The Morgan fingerprint density at radius 1 is 0.789 bits per heavy atom. The van der Waals surface area contributed by atoms with Crippen molar-refractivity contribution >= 4 is 69.4 Å². The van der Waals surface area contributed by atoms with Crippen LogP contribution in [0.4, 0.5) is 17.1 Å². The Labute approximate surface area is 237 Å². The molecule has 0 aliphatic rings. The third kappa shape index (κ3) is 7.44. The first-order valence-electron chi connectivity index (χ1n) is 11.9. The molecule has 0 bridgehead atoms. The van der Waals surface area contributed by atoms with Gasteiger partial charge in [0.15, 0.2) is 10.9 Å². The fourth-order valence-corrected chi connectivity index (χ4v) is 5.14. The number of hydrogen-bond donors (Lipinski definition) is 3. The summed E-state index contributed by atoms with van der Waals surface area (Å²) in [6, 6.07) is 30.0. The summed E-state index contributed by atoms with van der Waals surface area (Å²) in [5, 5.41) is 9.84. The first kappa shape index (κ1) is 27.4. The van der Waals surface area contributed by atoms with Crippen LogP contribution in [0.25, 0.3) is 0 Å². The average Bonchev–Trinajstić information content (AvgIpc) is 2.90. The lowest BCUT2D eigenvalue weighted by molar-refractivity contribution is -0.115. The molecule has 0 saturated heterocycles. The number of Topliss-reactive ketones (excluding diaryl/α,β-unsaturated/α-hetero) is 1. The number of rotatable bonds is 8. The van der Waals surface area contributed by atoms with E-state index in [0.717, 1.165) is 27.4 Å². The Bertz CT molecular complexity index is 1460. The van der Waals surface area contributed by atoms with Gasteiger partial charge in [0.25, 0.3) is 0 Å². The Hall–Kier alpha value is -3.65. The number of thioether (sulfide) groups is 1. The van der Waals surface area contributed by atoms with Gasteiger partial charge in [-0.05, 0) is 91.8 Å². The maximum Gasteiger partial charge on any atom is 0.242 e. The summed E-state index contributed by atoms with van der Waals surface area (Å²) < 4.78 is 0. The molecule has 192 valence electrons. The van der Waals surface area contributed by atoms with Gasteiger partial charge < -0.3 is 16.0 Å². The zero-order chi connectivity index (χ0) is 27.1. The fourth-order valence-electron chi connectivity index (χ4n) is 3.64. The summed E-state index contributed by atoms with van der Waals surface area (Å²) in [6.45, 7) is 3.45. The first-order valence-corrected chi connectivity index (χ1v) is 13.5. The lowest BCUT2D eigenvalue weighted by atomic mass is 10.1. The summed E-state index contributed by atoms with van der Waals surface area (Å²) in [6.07, 6.45) is 0. The minimum atomic E-state index is -0.489. The quantitative estimate of drug-likeness (QED) is 0.115. The molecule has 0 aliphatic heterocycles. The molecule has 0 radical (unpaired) electrons. The highest BCUT2D eigenvalue weighted by molar-refractivity contribution is 8.00. The van der Waals surface area contributed by atoms with E-state index < -0.39 is 5.25 Å². The van der Waals surface area contributed by atoms with Crippen LogP contribution in [0, 0.1) is 6.92 Å². The third-order valence-corrected chi connectivity index (χ3v) is 7.53. The van der Waals surface area contributed by atoms with E-state index in [1.165, 1.54) is 18.7 Å². The molecule has 0 fully saturated rings. The molecular formula is C30H26ClN3O2S2. The second-order valence-corrected chi connectivity index (χ2v) is 10.6. The largest absolute Gasteiger partial charge is 0.332 e. The summed E-state index contributed by atoms with van der Waals surface area (Å²) in [4.78, 5) is 25.8. The summed E-state index contributed by atoms with van der Waals surface area (Å²) in [5.74, 6) is -0.137. The van der Waals surface area contributed by atoms with Crippen LogP contribution < -0.4 is 16.0 Å². The molecule has 0 aromatic heterocycles. The van der Waals surface area contributed by atoms with Crippen molar-refractivity contribution in [1.82, 2.24) is 0 Å². The van der Waals surface area contributed by atoms with Gasteiger partial charge in [-0.2, -0.15) is 0 Å². The van der Waals surface area contributed by atoms with Crippen molar-refractivity contribution < 1.29 is 9.59 Å². The third-order valence-electron chi connectivity index (χ3n) is 5.67. The van der Waals surface area contributed by atoms with Gasteiger partial charge in [0.05, 0.1) is 0 Å². The molecular weight excluding hydrogens is 534 g/mol. The molecule has 1 unspecified atom stereocenters. The highest BCUT2D eigenvalue weighted by Gasteiger charge is 2.22. The number of ketones is 1. The van der Waals surface area contributed by atoms with Gasteiger partial charge in [-0.15, -0.1) is 11.8 Å². The number of benzene rings is 4. The smallest absolute Gasteiger partial charge is 0.242 e. The highest BCUT2D eigenvalue weighted by Crippen LogP contribution is 2.37. The molecule has 5 nitrogen and oxygen atoms in total. The Kier molecular flexibility index (Phi) is 9.18. The Morgan fingerprint density at radius 3 is 2.13 bits per heavy atom. The topological polar surface area (TPSA) is 70.2 Å². The molecule has 0 saturated carbocycles. The molecule has 4 rings (SSSR count). The first-order chi connectivity index (χ1) is 18.3. The molecule has 0 heterocycles. The molecule has 0 spiro atoms. The minimum Gasteiger partial charge on any atom is -0.332 e. The minimum absolute atomic E-state index is 0.0109. The van der Waals surface area contributed by atoms with Crippen molar-refractivity contribution in [3.8, 4) is 0 Å². The number of hydrogen-bond acceptors (Lipinski definition) is 4. The van der Waals surface area contributed by atoms with Crippen LogP contribution in [0.5, 0.6) is 0 Å². The maximum atomic E-state index is 13.4. The van der Waals surface area contributed by atoms with Gasteiger partial charge in [0.2, 0.25) is 5.91 Å². The lowest BCUT2D eigenvalue weighted by Gasteiger charge is -2.18. The van der Waals surface area contributed by atoms with E-state index in [1.54, 1.807) is 30.3 Å². The molecule has 38 heavy (non-hydrogen) atoms. The molecule has 1 amide bonds. The second-order valence-electron chi connectivity index (χ2n) is 8.60. The maximum absolute atomic E-state index is 13.4. The van der Waals surface area contributed by atoms with E-state index >= 15 is 0 Å². The van der Waals surface area contributed by atoms with E-state index in [4.69, 9.17) is 23.8 Å². The zero-order valence-electron chi connectivity index (χ0n) is 20.8. The van der Waals surface area contributed by atoms with Crippen LogP contribution in [-0.2, 0) is 4.79 Å². The number of thiocarbonyl (C=S) groups is 1. The molecule has 1 atom stereocenters. The van der Waals surface area contributed by atoms with Crippen molar-refractivity contribution in [2.24, 2.45) is 0 Å². The number of nitrogens with one attached hydrogen (secondary N) is 3. The molecule has 8 heteroatoms. The van der Waals surface area contributed by atoms with Gasteiger partial charge >= 0.3 is 0 Å². The molecule has 0 aliphatic carbocycles. The second kappa shape index (κ2) is 12.7. The molecule has 4 aromatic rings. The number of anilines is 3. The average molecular weight is 560 g/mol. The van der Waals surface area contributed by atoms with Crippen LogP contribution in [0.2, 0.25) is 5.02 Å². The van der Waals surface area contributed by atoms with Gasteiger partial charge in [-0.25, -0.2) is 0 Å². The van der Waals surface area contributed by atoms with Gasteiger partial charge in [-0.3, -0.25) is 9.59 Å². The predicted octanol–water partition coefficient (Wildman–Crippen LogP) is 8.13. The normalized spacial score (nSPS) is 11.3. The van der Waals surface area contributed by atoms with E-state index in [1.807, 2.05) is 73.7 Å². The number of carbonyl (C=O) groups excluding carboxylic acids is 2. The lowest BCUT2D eigenvalue weighted by Crippen LogP contribution is -2.19. The zero-order valence-corrected chi connectivity index (χ0v) is 23.2. The Balaban J connectivity index is 1.47. The van der Waals surface area contributed by atoms with Crippen LogP contribution in [0.1, 0.15) is 33.7 Å². The Morgan fingerprint density at radius 2 is 1.45 bits per heavy atom. The number of carbonyl (C=O) groups is 2. The summed E-state index contributed by atoms with van der Waals surface area (Å²) in [7, 11) is 0. The van der Waals surface area contributed by atoms with Crippen molar-refractivity contribution in [3.63, 3.8) is 0 Å². The monoisotopic (exact) mass is 559 g/mol. The van der Waals surface area contributed by atoms with Crippen LogP contribution in [0.3, 0.4) is 0 Å². The van der Waals surface area contributed by atoms with E-state index in [9.17, 15) is 9.59 Å². The predicted molar refractivity (Wildman–Crippen MR) is 163 cm³/mol. The van der Waals surface area contributed by atoms with Gasteiger partial charge in [0.1, 0.15) is 5.25 Å². The fraction of sp³-hybridized carbons (Fsp3) is 0.100. The van der Waals surface area contributed by atoms with E-state index in [0.29, 0.717) is 21.4 Å². The molecule has 3 N–H and O–H groups in total. The van der Waals surface area contributed by atoms with Crippen molar-refractivity contribution in [1.29, 1.82) is 0 Å². The van der Waals surface area contributed by atoms with Crippen molar-refractivity contribution in [3.05, 3.63) is 119 Å². The van der Waals surface area contributed by atoms with Gasteiger partial charge in [-0.1, -0.05) is 54.1 Å². The standard InChI is InChI=1S/C30H26ClN3O2S2/c1-19-11-14-25(18-27(19)31)32-29(36)28(22-7-4-3-5-8-22)38-26-10-6-9-24(17-26)34-30(37)33-23-15-12-21(13-16-23)20(2)35/h3-18,28H,1-2H3,(H,32,36)(H2,33,34,37). The van der Waals surface area contributed by atoms with Crippen LogP contribution >= 0.6 is 35.6 Å². The van der Waals surface area contributed by atoms with E-state index in [-0.39, 0.29) is 11.7 Å². The number of amides is 1. The highest BCUT2D eigenvalue weighted by atomic mass is 35.5. The van der Waals surface area contributed by atoms with Crippen LogP contribution in [-0.4, -0.2) is 16.8 Å².